The fourth-order valence-electron chi connectivity index (χ4n) is 3.59. The van der Waals surface area contributed by atoms with Gasteiger partial charge in [-0.2, -0.15) is 0 Å². The normalized spacial score (nSPS) is 29.5. The van der Waals surface area contributed by atoms with Gasteiger partial charge in [-0.15, -0.1) is 0 Å². The molecule has 2 saturated heterocycles. The van der Waals surface area contributed by atoms with Gasteiger partial charge in [0.15, 0.2) is 0 Å². The summed E-state index contributed by atoms with van der Waals surface area (Å²) in [6, 6.07) is 1.44. The summed E-state index contributed by atoms with van der Waals surface area (Å²) in [4.78, 5) is 18.3. The van der Waals surface area contributed by atoms with Crippen LogP contribution in [0.2, 0.25) is 0 Å². The highest BCUT2D eigenvalue weighted by Gasteiger charge is 2.33. The fourth-order valence-corrected chi connectivity index (χ4v) is 3.59. The molecule has 5 nitrogen and oxygen atoms in total. The average molecular weight is 282 g/mol. The topological polar surface area (TPSA) is 52.8 Å². The van der Waals surface area contributed by atoms with E-state index in [4.69, 9.17) is 5.73 Å². The van der Waals surface area contributed by atoms with Crippen LogP contribution in [-0.2, 0) is 0 Å². The van der Waals surface area contributed by atoms with Crippen molar-refractivity contribution in [1.82, 2.24) is 14.7 Å². The van der Waals surface area contributed by atoms with Crippen LogP contribution in [0.25, 0.3) is 0 Å². The smallest absolute Gasteiger partial charge is 0.319 e. The molecule has 2 amide bonds. The predicted octanol–water partition coefficient (Wildman–Crippen LogP) is 1.19. The summed E-state index contributed by atoms with van der Waals surface area (Å²) >= 11 is 0. The molecule has 0 bridgehead atoms. The largest absolute Gasteiger partial charge is 0.331 e. The Labute approximate surface area is 123 Å². The Hall–Kier alpha value is -0.810. The predicted molar refractivity (Wildman–Crippen MR) is 81.6 cm³/mol. The lowest BCUT2D eigenvalue weighted by Gasteiger charge is -2.46. The molecule has 2 fully saturated rings. The van der Waals surface area contributed by atoms with Crippen molar-refractivity contribution < 1.29 is 4.79 Å². The lowest BCUT2D eigenvalue weighted by Crippen LogP contribution is -2.54. The first kappa shape index (κ1) is 15.6. The summed E-state index contributed by atoms with van der Waals surface area (Å²) in [6.07, 6.45) is 4.73. The van der Waals surface area contributed by atoms with Crippen molar-refractivity contribution >= 4 is 6.03 Å². The summed E-state index contributed by atoms with van der Waals surface area (Å²) in [5, 5.41) is 0. The first-order chi connectivity index (χ1) is 9.52. The van der Waals surface area contributed by atoms with E-state index in [2.05, 4.69) is 11.8 Å². The van der Waals surface area contributed by atoms with Crippen molar-refractivity contribution in [3.63, 3.8) is 0 Å². The molecular weight excluding hydrogens is 252 g/mol. The van der Waals surface area contributed by atoms with Gasteiger partial charge in [0.1, 0.15) is 0 Å². The maximum atomic E-state index is 12.0. The van der Waals surface area contributed by atoms with Crippen LogP contribution in [0.4, 0.5) is 4.79 Å². The monoisotopic (exact) mass is 282 g/mol. The number of rotatable bonds is 2. The van der Waals surface area contributed by atoms with E-state index in [1.807, 2.05) is 19.0 Å². The molecule has 2 aliphatic heterocycles. The lowest BCUT2D eigenvalue weighted by molar-refractivity contribution is 0.0411. The zero-order valence-electron chi connectivity index (χ0n) is 13.2. The number of likely N-dealkylation sites (tertiary alicyclic amines) is 2. The molecule has 20 heavy (non-hydrogen) atoms. The molecule has 2 atom stereocenters. The number of urea groups is 1. The quantitative estimate of drug-likeness (QED) is 0.828. The summed E-state index contributed by atoms with van der Waals surface area (Å²) < 4.78 is 0. The Morgan fingerprint density at radius 1 is 1.20 bits per heavy atom. The van der Waals surface area contributed by atoms with Gasteiger partial charge in [0.2, 0.25) is 0 Å². The summed E-state index contributed by atoms with van der Waals surface area (Å²) in [7, 11) is 3.65. The van der Waals surface area contributed by atoms with Gasteiger partial charge in [0.25, 0.3) is 0 Å². The third kappa shape index (κ3) is 3.44. The summed E-state index contributed by atoms with van der Waals surface area (Å²) in [5.74, 6) is 0.660. The van der Waals surface area contributed by atoms with E-state index in [9.17, 15) is 4.79 Å². The van der Waals surface area contributed by atoms with E-state index in [-0.39, 0.29) is 6.03 Å². The van der Waals surface area contributed by atoms with E-state index in [0.717, 1.165) is 39.0 Å². The molecule has 2 N–H and O–H groups in total. The molecule has 2 unspecified atom stereocenters. The summed E-state index contributed by atoms with van der Waals surface area (Å²) in [6.45, 7) is 6.06. The van der Waals surface area contributed by atoms with E-state index in [1.165, 1.54) is 12.8 Å². The van der Waals surface area contributed by atoms with Crippen molar-refractivity contribution in [1.29, 1.82) is 0 Å². The second-order valence-corrected chi connectivity index (χ2v) is 6.62. The molecule has 0 aromatic rings. The molecule has 0 aromatic carbocycles. The second kappa shape index (κ2) is 6.76. The number of nitrogens with two attached hydrogens (primary N) is 1. The zero-order valence-corrected chi connectivity index (χ0v) is 13.2. The van der Waals surface area contributed by atoms with Gasteiger partial charge >= 0.3 is 6.03 Å². The number of nitrogens with zero attached hydrogens (tertiary/aromatic N) is 3. The van der Waals surface area contributed by atoms with Gasteiger partial charge in [-0.1, -0.05) is 0 Å². The van der Waals surface area contributed by atoms with Gasteiger partial charge in [-0.25, -0.2) is 4.79 Å². The minimum absolute atomic E-state index is 0.148. The standard InChI is InChI=1S/C15H30N4O/c1-12-4-5-13(10-16)11-19(12)14-6-8-18(9-7-14)15(20)17(2)3/h12-14H,4-11,16H2,1-3H3. The van der Waals surface area contributed by atoms with Crippen LogP contribution < -0.4 is 5.73 Å². The molecule has 5 heteroatoms. The minimum Gasteiger partial charge on any atom is -0.331 e. The molecule has 2 rings (SSSR count). The number of hydrogen-bond donors (Lipinski definition) is 1. The van der Waals surface area contributed by atoms with Crippen LogP contribution in [0.1, 0.15) is 32.6 Å². The van der Waals surface area contributed by atoms with E-state index in [1.54, 1.807) is 4.90 Å². The fraction of sp³-hybridized carbons (Fsp3) is 0.933. The Morgan fingerprint density at radius 2 is 1.85 bits per heavy atom. The number of piperidine rings is 2. The molecule has 2 aliphatic rings. The molecular formula is C15H30N4O. The van der Waals surface area contributed by atoms with E-state index in [0.29, 0.717) is 18.0 Å². The third-order valence-corrected chi connectivity index (χ3v) is 4.95. The molecule has 0 radical (unpaired) electrons. The van der Waals surface area contributed by atoms with Crippen LogP contribution in [0.3, 0.4) is 0 Å². The molecule has 0 aliphatic carbocycles. The van der Waals surface area contributed by atoms with Crippen LogP contribution in [-0.4, -0.2) is 73.1 Å². The highest BCUT2D eigenvalue weighted by Crippen LogP contribution is 2.27. The van der Waals surface area contributed by atoms with Crippen molar-refractivity contribution in [3.8, 4) is 0 Å². The Bertz CT molecular complexity index is 326. The van der Waals surface area contributed by atoms with Crippen LogP contribution in [0.15, 0.2) is 0 Å². The second-order valence-electron chi connectivity index (χ2n) is 6.62. The van der Waals surface area contributed by atoms with Crippen molar-refractivity contribution in [3.05, 3.63) is 0 Å². The number of amides is 2. The summed E-state index contributed by atoms with van der Waals surface area (Å²) in [5.41, 5.74) is 5.85. The zero-order chi connectivity index (χ0) is 14.7. The first-order valence-corrected chi connectivity index (χ1v) is 7.95. The number of carbonyl (C=O) groups is 1. The Balaban J connectivity index is 1.88. The molecule has 0 saturated carbocycles. The van der Waals surface area contributed by atoms with Crippen LogP contribution in [0, 0.1) is 5.92 Å². The Morgan fingerprint density at radius 3 is 2.40 bits per heavy atom. The van der Waals surface area contributed by atoms with Crippen LogP contribution >= 0.6 is 0 Å². The SMILES string of the molecule is CC1CCC(CN)CN1C1CCN(C(=O)N(C)C)CC1. The van der Waals surface area contributed by atoms with Gasteiger partial charge in [-0.3, -0.25) is 4.90 Å². The number of carbonyl (C=O) groups excluding carboxylic acids is 1. The molecule has 2 heterocycles. The molecule has 116 valence electrons. The minimum atomic E-state index is 0.148. The Kier molecular flexibility index (Phi) is 5.27. The van der Waals surface area contributed by atoms with Gasteiger partial charge < -0.3 is 15.5 Å². The van der Waals surface area contributed by atoms with E-state index < -0.39 is 0 Å². The maximum Gasteiger partial charge on any atom is 0.319 e. The van der Waals surface area contributed by atoms with Crippen molar-refractivity contribution in [2.75, 3.05) is 40.3 Å². The van der Waals surface area contributed by atoms with Crippen molar-refractivity contribution in [2.24, 2.45) is 11.7 Å². The van der Waals surface area contributed by atoms with Crippen molar-refractivity contribution in [2.45, 2.75) is 44.7 Å². The maximum absolute atomic E-state index is 12.0. The van der Waals surface area contributed by atoms with Gasteiger partial charge in [0.05, 0.1) is 0 Å². The van der Waals surface area contributed by atoms with Gasteiger partial charge in [-0.05, 0) is 45.1 Å². The highest BCUT2D eigenvalue weighted by atomic mass is 16.2. The molecule has 0 aromatic heterocycles. The highest BCUT2D eigenvalue weighted by molar-refractivity contribution is 5.73. The first-order valence-electron chi connectivity index (χ1n) is 7.95. The van der Waals surface area contributed by atoms with Gasteiger partial charge in [0, 0.05) is 45.8 Å². The van der Waals surface area contributed by atoms with Crippen LogP contribution in [0.5, 0.6) is 0 Å². The molecule has 0 spiro atoms. The average Bonchev–Trinajstić information content (AvgIpc) is 2.47. The van der Waals surface area contributed by atoms with E-state index >= 15 is 0 Å². The third-order valence-electron chi connectivity index (χ3n) is 4.95. The lowest BCUT2D eigenvalue weighted by atomic mass is 9.90. The number of hydrogen-bond acceptors (Lipinski definition) is 3.